The van der Waals surface area contributed by atoms with E-state index < -0.39 is 0 Å². The lowest BCUT2D eigenvalue weighted by Crippen LogP contribution is -2.20. The topological polar surface area (TPSA) is 209 Å². The van der Waals surface area contributed by atoms with E-state index in [1.165, 1.54) is 0 Å². The van der Waals surface area contributed by atoms with Crippen LogP contribution in [0.5, 0.6) is 0 Å². The smallest absolute Gasteiger partial charge is 0.314 e. The summed E-state index contributed by atoms with van der Waals surface area (Å²) >= 11 is 0. The molecule has 0 radical (unpaired) electrons. The van der Waals surface area contributed by atoms with Crippen molar-refractivity contribution in [2.45, 2.75) is 0 Å². The van der Waals surface area contributed by atoms with Gasteiger partial charge in [-0.05, 0) is 0 Å². The number of nitrogens with one attached hydrogen (secondary N) is 2. The molecule has 0 spiro atoms. The largest absolute Gasteiger partial charge is 0.368 e. The molecule has 0 bridgehead atoms. The number of nitrogens with two attached hydrogens (primary N) is 3. The fraction of sp³-hybridized carbons (Fsp3) is 0.222. The zero-order chi connectivity index (χ0) is 16.7. The van der Waals surface area contributed by atoms with Gasteiger partial charge in [-0.15, -0.1) is 0 Å². The van der Waals surface area contributed by atoms with Crippen molar-refractivity contribution in [3.8, 4) is 0 Å². The highest BCUT2D eigenvalue weighted by Gasteiger charge is 2.03. The molecule has 0 atom stereocenters. The molecule has 8 N–H and O–H groups in total. The standard InChI is InChI=1S/C3H6N6.C3H6N2O.C2H2O2.CH2O/c4-1-7-2(5)9-3(6)8-1;6-3-4-1-2-5-3;3-1-2-4;1-2/h(H6,4,5,6,7,8,9);1-2H2,(H2,4,5,6);1-2H;1H2. The Kier molecular flexibility index (Phi) is 12.5. The van der Waals surface area contributed by atoms with E-state index in [0.717, 1.165) is 13.1 Å². The number of hydrogen-bond donors (Lipinski definition) is 5. The van der Waals surface area contributed by atoms with Crippen molar-refractivity contribution in [2.24, 2.45) is 0 Å². The van der Waals surface area contributed by atoms with Gasteiger partial charge in [0.1, 0.15) is 6.79 Å². The lowest BCUT2D eigenvalue weighted by atomic mass is 10.7. The third-order valence-electron chi connectivity index (χ3n) is 1.44. The molecule has 1 aromatic rings. The van der Waals surface area contributed by atoms with Crippen LogP contribution >= 0.6 is 0 Å². The molecule has 1 aliphatic heterocycles. The average Bonchev–Trinajstić information content (AvgIpc) is 2.91. The number of aromatic nitrogens is 3. The van der Waals surface area contributed by atoms with E-state index >= 15 is 0 Å². The highest BCUT2D eigenvalue weighted by molar-refractivity contribution is 6.09. The first kappa shape index (κ1) is 20.0. The zero-order valence-corrected chi connectivity index (χ0v) is 11.0. The summed E-state index contributed by atoms with van der Waals surface area (Å²) in [5.74, 6) is 0.125. The van der Waals surface area contributed by atoms with Crippen LogP contribution in [0.4, 0.5) is 22.6 Å². The lowest BCUT2D eigenvalue weighted by Gasteiger charge is -1.93. The normalized spacial score (nSPS) is 10.8. The van der Waals surface area contributed by atoms with Gasteiger partial charge < -0.3 is 32.6 Å². The Morgan fingerprint density at radius 1 is 0.857 bits per heavy atom. The molecule has 1 aliphatic rings. The van der Waals surface area contributed by atoms with E-state index in [9.17, 15) is 4.79 Å². The number of carbonyl (C=O) groups is 4. The molecule has 12 nitrogen and oxygen atoms in total. The van der Waals surface area contributed by atoms with Gasteiger partial charge in [-0.2, -0.15) is 15.0 Å². The van der Waals surface area contributed by atoms with Gasteiger partial charge in [0.05, 0.1) is 0 Å². The number of urea groups is 1. The van der Waals surface area contributed by atoms with Gasteiger partial charge in [0.2, 0.25) is 17.8 Å². The number of rotatable bonds is 1. The molecule has 2 rings (SSSR count). The van der Waals surface area contributed by atoms with Crippen LogP contribution in [0, 0.1) is 0 Å². The van der Waals surface area contributed by atoms with Gasteiger partial charge in [0, 0.05) is 13.1 Å². The molecule has 0 aliphatic carbocycles. The van der Waals surface area contributed by atoms with E-state index in [1.807, 2.05) is 6.79 Å². The second-order valence-electron chi connectivity index (χ2n) is 2.86. The summed E-state index contributed by atoms with van der Waals surface area (Å²) in [7, 11) is 0. The Hall–Kier alpha value is -3.31. The molecular weight excluding hydrogens is 284 g/mol. The number of anilines is 3. The first-order valence-electron chi connectivity index (χ1n) is 5.21. The zero-order valence-electron chi connectivity index (χ0n) is 11.0. The quantitative estimate of drug-likeness (QED) is 0.264. The van der Waals surface area contributed by atoms with Crippen LogP contribution in [-0.2, 0) is 14.4 Å². The summed E-state index contributed by atoms with van der Waals surface area (Å²) in [6, 6.07) is -0.0463. The Labute approximate surface area is 119 Å². The monoisotopic (exact) mass is 300 g/mol. The van der Waals surface area contributed by atoms with Crippen LogP contribution in [0.1, 0.15) is 0 Å². The van der Waals surface area contributed by atoms with Crippen LogP contribution < -0.4 is 27.8 Å². The number of amides is 2. The summed E-state index contributed by atoms with van der Waals surface area (Å²) in [6.07, 6.45) is 0.389. The van der Waals surface area contributed by atoms with Crippen LogP contribution in [-0.4, -0.2) is 53.4 Å². The van der Waals surface area contributed by atoms with Gasteiger partial charge in [0.25, 0.3) is 0 Å². The molecule has 1 fully saturated rings. The van der Waals surface area contributed by atoms with Gasteiger partial charge in [-0.25, -0.2) is 4.79 Å². The van der Waals surface area contributed by atoms with Crippen molar-refractivity contribution >= 4 is 43.2 Å². The third-order valence-corrected chi connectivity index (χ3v) is 1.44. The van der Waals surface area contributed by atoms with Crippen molar-refractivity contribution in [3.63, 3.8) is 0 Å². The van der Waals surface area contributed by atoms with Crippen LogP contribution in [0.25, 0.3) is 0 Å². The van der Waals surface area contributed by atoms with Gasteiger partial charge in [-0.3, -0.25) is 9.59 Å². The van der Waals surface area contributed by atoms with Crippen molar-refractivity contribution < 1.29 is 19.2 Å². The maximum absolute atomic E-state index is 10.0. The van der Waals surface area contributed by atoms with Gasteiger partial charge in [0.15, 0.2) is 12.6 Å². The predicted octanol–water partition coefficient (Wildman–Crippen LogP) is -2.88. The van der Waals surface area contributed by atoms with Crippen molar-refractivity contribution in [1.82, 2.24) is 25.6 Å². The summed E-state index contributed by atoms with van der Waals surface area (Å²) in [4.78, 5) is 46.1. The first-order chi connectivity index (χ1) is 9.99. The highest BCUT2D eigenvalue weighted by Crippen LogP contribution is 1.97. The fourth-order valence-electron chi connectivity index (χ4n) is 0.842. The second-order valence-corrected chi connectivity index (χ2v) is 2.86. The van der Waals surface area contributed by atoms with Gasteiger partial charge >= 0.3 is 6.03 Å². The average molecular weight is 300 g/mol. The minimum Gasteiger partial charge on any atom is -0.368 e. The minimum absolute atomic E-state index is 0.0417. The predicted molar refractivity (Wildman–Crippen MR) is 73.7 cm³/mol. The Balaban J connectivity index is 0. The number of aldehydes is 2. The Bertz CT molecular complexity index is 391. The molecule has 116 valence electrons. The van der Waals surface area contributed by atoms with E-state index in [1.54, 1.807) is 0 Å². The van der Waals surface area contributed by atoms with Crippen molar-refractivity contribution in [1.29, 1.82) is 0 Å². The third kappa shape index (κ3) is 12.9. The Morgan fingerprint density at radius 2 is 1.14 bits per heavy atom. The number of nitrogens with zero attached hydrogens (tertiary/aromatic N) is 3. The number of carbonyl (C=O) groups excluding carboxylic acids is 4. The maximum atomic E-state index is 10.0. The summed E-state index contributed by atoms with van der Waals surface area (Å²) < 4.78 is 0. The molecule has 2 amide bonds. The summed E-state index contributed by atoms with van der Waals surface area (Å²) in [5.41, 5.74) is 15.4. The number of hydrogen-bond acceptors (Lipinski definition) is 10. The Morgan fingerprint density at radius 3 is 1.29 bits per heavy atom. The van der Waals surface area contributed by atoms with Crippen molar-refractivity contribution in [2.75, 3.05) is 30.3 Å². The fourth-order valence-corrected chi connectivity index (χ4v) is 0.842. The maximum Gasteiger partial charge on any atom is 0.314 e. The van der Waals surface area contributed by atoms with Crippen LogP contribution in [0.2, 0.25) is 0 Å². The molecule has 0 unspecified atom stereocenters. The molecule has 1 saturated heterocycles. The first-order valence-corrected chi connectivity index (χ1v) is 5.21. The summed E-state index contributed by atoms with van der Waals surface area (Å²) in [5, 5.41) is 5.14. The molecule has 0 aromatic carbocycles. The van der Waals surface area contributed by atoms with Crippen LogP contribution in [0.3, 0.4) is 0 Å². The molecule has 12 heteroatoms. The van der Waals surface area contributed by atoms with E-state index in [2.05, 4.69) is 25.6 Å². The van der Waals surface area contributed by atoms with Gasteiger partial charge in [-0.1, -0.05) is 0 Å². The molecule has 1 aromatic heterocycles. The molecule has 0 saturated carbocycles. The number of nitrogen functional groups attached to an aromatic ring is 3. The van der Waals surface area contributed by atoms with E-state index in [4.69, 9.17) is 31.6 Å². The minimum atomic E-state index is -0.0463. The van der Waals surface area contributed by atoms with Crippen LogP contribution in [0.15, 0.2) is 0 Å². The highest BCUT2D eigenvalue weighted by atomic mass is 16.2. The molecular formula is C9H16N8O4. The van der Waals surface area contributed by atoms with E-state index in [-0.39, 0.29) is 36.4 Å². The summed E-state index contributed by atoms with van der Waals surface area (Å²) in [6.45, 7) is 3.55. The van der Waals surface area contributed by atoms with E-state index in [0.29, 0.717) is 0 Å². The SMILES string of the molecule is C=O.Nc1nc(N)nc(N)n1.O=C1NCCN1.O=CC=O. The van der Waals surface area contributed by atoms with Crippen molar-refractivity contribution in [3.05, 3.63) is 0 Å². The molecule has 2 heterocycles. The lowest BCUT2D eigenvalue weighted by molar-refractivity contribution is -0.122. The second kappa shape index (κ2) is 13.1. The molecule has 21 heavy (non-hydrogen) atoms.